The van der Waals surface area contributed by atoms with Gasteiger partial charge in [0, 0.05) is 12.0 Å². The van der Waals surface area contributed by atoms with E-state index in [1.807, 2.05) is 0 Å². The number of carboxylic acids is 1. The van der Waals surface area contributed by atoms with Gasteiger partial charge in [-0.05, 0) is 6.08 Å². The Balaban J connectivity index is 2.32. The number of hydroxylamine groups is 2. The number of hydrogen-bond acceptors (Lipinski definition) is 4. The normalized spacial score (nSPS) is 32.8. The lowest BCUT2D eigenvalue weighted by Crippen LogP contribution is -2.36. The average molecular weight is 303 g/mol. The van der Waals surface area contributed by atoms with Crippen molar-refractivity contribution in [3.63, 3.8) is 0 Å². The molecule has 21 heavy (non-hydrogen) atoms. The number of hydrogen-bond donors (Lipinski definition) is 1. The van der Waals surface area contributed by atoms with Crippen LogP contribution in [0.5, 0.6) is 0 Å². The van der Waals surface area contributed by atoms with E-state index in [1.165, 1.54) is 14.2 Å². The summed E-state index contributed by atoms with van der Waals surface area (Å²) in [6, 6.07) is 0. The molecule has 6 nitrogen and oxygen atoms in total. The summed E-state index contributed by atoms with van der Waals surface area (Å²) in [5, 5.41) is 9.98. The van der Waals surface area contributed by atoms with Crippen molar-refractivity contribution in [1.29, 1.82) is 0 Å². The summed E-state index contributed by atoms with van der Waals surface area (Å²) in [7, 11) is 2.47. The molecule has 2 unspecified atom stereocenters. The number of carbonyl (C=O) groups is 2. The first-order valence-electron chi connectivity index (χ1n) is 6.26. The summed E-state index contributed by atoms with van der Waals surface area (Å²) in [5.41, 5.74) is 0. The zero-order chi connectivity index (χ0) is 15.7. The van der Waals surface area contributed by atoms with Crippen LogP contribution in [0.3, 0.4) is 0 Å². The van der Waals surface area contributed by atoms with Gasteiger partial charge in [0.05, 0.1) is 26.7 Å². The quantitative estimate of drug-likeness (QED) is 0.786. The Morgan fingerprint density at radius 2 is 2.14 bits per heavy atom. The van der Waals surface area contributed by atoms with Crippen molar-refractivity contribution in [2.75, 3.05) is 20.8 Å². The molecule has 116 valence electrons. The number of allylic oxidation sites excluding steroid dienone is 3. The van der Waals surface area contributed by atoms with E-state index in [2.05, 4.69) is 0 Å². The number of halogens is 2. The van der Waals surface area contributed by atoms with Crippen molar-refractivity contribution in [2.24, 2.45) is 17.8 Å². The number of alkyl halides is 1. The van der Waals surface area contributed by atoms with E-state index in [0.29, 0.717) is 0 Å². The van der Waals surface area contributed by atoms with Gasteiger partial charge in [-0.25, -0.2) is 13.8 Å². The van der Waals surface area contributed by atoms with E-state index < -0.39 is 41.6 Å². The van der Waals surface area contributed by atoms with E-state index in [0.717, 1.165) is 17.2 Å². The number of ether oxygens (including phenoxy) is 1. The van der Waals surface area contributed by atoms with Gasteiger partial charge in [0.1, 0.15) is 23.7 Å². The number of aliphatic carboxylic acids is 1. The molecule has 1 heterocycles. The number of carboxylic acid groups (broad SMARTS) is 1. The fourth-order valence-corrected chi connectivity index (χ4v) is 2.76. The van der Waals surface area contributed by atoms with Gasteiger partial charge in [-0.2, -0.15) is 0 Å². The number of methoxy groups -OCH3 is 1. The second-order valence-electron chi connectivity index (χ2n) is 4.83. The molecule has 1 N–H and O–H groups in total. The molecule has 0 radical (unpaired) electrons. The Morgan fingerprint density at radius 3 is 2.62 bits per heavy atom. The maximum Gasteiger partial charge on any atom is 0.316 e. The monoisotopic (exact) mass is 303 g/mol. The maximum absolute atomic E-state index is 14.2. The second kappa shape index (κ2) is 5.80. The minimum Gasteiger partial charge on any atom is -0.497 e. The summed E-state index contributed by atoms with van der Waals surface area (Å²) in [6.07, 6.45) is 0.285. The van der Waals surface area contributed by atoms with Gasteiger partial charge in [0.2, 0.25) is 0 Å². The third-order valence-electron chi connectivity index (χ3n) is 3.77. The van der Waals surface area contributed by atoms with Crippen LogP contribution in [0.4, 0.5) is 8.78 Å². The standard InChI is InChI=1S/C13H15F2NO5/c1-20-6-3-8(14)10(9(15)4-6)7-5-16(21-2)12(17)11(7)13(18)19/h3-4,7-8,10-11H,5H2,1-2H3,(H,18,19)/t7-,8?,10?,11-/m0/s1. The van der Waals surface area contributed by atoms with Crippen LogP contribution in [-0.4, -0.2) is 49.0 Å². The predicted octanol–water partition coefficient (Wildman–Crippen LogP) is 1.06. The van der Waals surface area contributed by atoms with Crippen LogP contribution >= 0.6 is 0 Å². The summed E-state index contributed by atoms with van der Waals surface area (Å²) >= 11 is 0. The fraction of sp³-hybridized carbons (Fsp3) is 0.538. The van der Waals surface area contributed by atoms with Crippen molar-refractivity contribution >= 4 is 11.9 Å². The first-order valence-corrected chi connectivity index (χ1v) is 6.26. The first-order chi connectivity index (χ1) is 9.90. The van der Waals surface area contributed by atoms with Crippen molar-refractivity contribution < 1.29 is 33.1 Å². The molecular formula is C13H15F2NO5. The Hall–Kier alpha value is -1.96. The van der Waals surface area contributed by atoms with E-state index in [9.17, 15) is 18.4 Å². The lowest BCUT2D eigenvalue weighted by molar-refractivity contribution is -0.172. The summed E-state index contributed by atoms with van der Waals surface area (Å²) < 4.78 is 33.1. The van der Waals surface area contributed by atoms with Crippen molar-refractivity contribution in [1.82, 2.24) is 5.06 Å². The third-order valence-corrected chi connectivity index (χ3v) is 3.77. The molecular weight excluding hydrogens is 288 g/mol. The van der Waals surface area contributed by atoms with Crippen LogP contribution in [0.25, 0.3) is 0 Å². The number of rotatable bonds is 4. The summed E-state index contributed by atoms with van der Waals surface area (Å²) in [6.45, 7) is -0.186. The molecule has 1 aliphatic carbocycles. The molecule has 0 spiro atoms. The molecule has 1 fully saturated rings. The maximum atomic E-state index is 14.2. The molecule has 4 atom stereocenters. The molecule has 1 saturated heterocycles. The van der Waals surface area contributed by atoms with Crippen molar-refractivity contribution in [3.05, 3.63) is 23.7 Å². The lowest BCUT2D eigenvalue weighted by Gasteiger charge is -2.28. The number of carbonyl (C=O) groups excluding carboxylic acids is 1. The highest BCUT2D eigenvalue weighted by Gasteiger charge is 2.52. The molecule has 0 saturated carbocycles. The highest BCUT2D eigenvalue weighted by atomic mass is 19.1. The summed E-state index contributed by atoms with van der Waals surface area (Å²) in [4.78, 5) is 27.9. The van der Waals surface area contributed by atoms with Gasteiger partial charge in [-0.15, -0.1) is 0 Å². The molecule has 0 bridgehead atoms. The highest BCUT2D eigenvalue weighted by Crippen LogP contribution is 2.41. The Morgan fingerprint density at radius 1 is 1.48 bits per heavy atom. The minimum atomic E-state index is -1.78. The van der Waals surface area contributed by atoms with Gasteiger partial charge in [0.15, 0.2) is 0 Å². The second-order valence-corrected chi connectivity index (χ2v) is 4.83. The van der Waals surface area contributed by atoms with E-state index in [-0.39, 0.29) is 12.3 Å². The van der Waals surface area contributed by atoms with Crippen LogP contribution < -0.4 is 0 Å². The number of amides is 1. The highest BCUT2D eigenvalue weighted by molar-refractivity contribution is 5.98. The molecule has 8 heteroatoms. The van der Waals surface area contributed by atoms with E-state index >= 15 is 0 Å². The van der Waals surface area contributed by atoms with E-state index in [4.69, 9.17) is 14.7 Å². The molecule has 0 aromatic carbocycles. The van der Waals surface area contributed by atoms with Crippen LogP contribution in [0, 0.1) is 17.8 Å². The zero-order valence-corrected chi connectivity index (χ0v) is 11.5. The Labute approximate surface area is 119 Å². The van der Waals surface area contributed by atoms with Gasteiger partial charge < -0.3 is 9.84 Å². The van der Waals surface area contributed by atoms with Crippen LogP contribution in [0.15, 0.2) is 23.7 Å². The van der Waals surface area contributed by atoms with Gasteiger partial charge in [0.25, 0.3) is 5.91 Å². The molecule has 2 rings (SSSR count). The molecule has 1 aliphatic heterocycles. The molecule has 2 aliphatic rings. The van der Waals surface area contributed by atoms with Crippen LogP contribution in [0.1, 0.15) is 0 Å². The first kappa shape index (κ1) is 15.4. The molecule has 0 aromatic rings. The van der Waals surface area contributed by atoms with Crippen LogP contribution in [0.2, 0.25) is 0 Å². The largest absolute Gasteiger partial charge is 0.497 e. The third kappa shape index (κ3) is 2.63. The SMILES string of the molecule is COC1=CC(F)C([C@@H]2CN(OC)C(=O)[C@H]2C(=O)O)C(F)=C1. The predicted molar refractivity (Wildman–Crippen MR) is 66.0 cm³/mol. The van der Waals surface area contributed by atoms with Gasteiger partial charge in [-0.3, -0.25) is 14.4 Å². The van der Waals surface area contributed by atoms with Crippen LogP contribution in [-0.2, 0) is 19.2 Å². The summed E-state index contributed by atoms with van der Waals surface area (Å²) in [5.74, 6) is -7.00. The smallest absolute Gasteiger partial charge is 0.316 e. The average Bonchev–Trinajstić information content (AvgIpc) is 2.74. The number of nitrogens with zero attached hydrogens (tertiary/aromatic N) is 1. The Kier molecular flexibility index (Phi) is 4.26. The van der Waals surface area contributed by atoms with Gasteiger partial charge in [-0.1, -0.05) is 0 Å². The van der Waals surface area contributed by atoms with E-state index in [1.54, 1.807) is 0 Å². The fourth-order valence-electron chi connectivity index (χ4n) is 2.76. The lowest BCUT2D eigenvalue weighted by atomic mass is 9.78. The minimum absolute atomic E-state index is 0.0241. The van der Waals surface area contributed by atoms with Crippen molar-refractivity contribution in [3.8, 4) is 0 Å². The Bertz CT molecular complexity index is 519. The zero-order valence-electron chi connectivity index (χ0n) is 11.5. The van der Waals surface area contributed by atoms with Gasteiger partial charge >= 0.3 is 5.97 Å². The topological polar surface area (TPSA) is 76.1 Å². The molecule has 1 amide bonds. The molecule has 0 aromatic heterocycles. The van der Waals surface area contributed by atoms with Crippen molar-refractivity contribution in [2.45, 2.75) is 6.17 Å².